The van der Waals surface area contributed by atoms with E-state index in [0.717, 1.165) is 36.6 Å². The summed E-state index contributed by atoms with van der Waals surface area (Å²) in [6.07, 6.45) is 4.00. The molecule has 1 aromatic carbocycles. The number of rotatable bonds is 7. The summed E-state index contributed by atoms with van der Waals surface area (Å²) in [5.74, 6) is 0.924. The van der Waals surface area contributed by atoms with Crippen LogP contribution in [0, 0.1) is 0 Å². The van der Waals surface area contributed by atoms with E-state index in [2.05, 4.69) is 29.2 Å². The van der Waals surface area contributed by atoms with Gasteiger partial charge in [0.05, 0.1) is 12.3 Å². The van der Waals surface area contributed by atoms with Gasteiger partial charge in [0.25, 0.3) is 0 Å². The van der Waals surface area contributed by atoms with Crippen molar-refractivity contribution in [1.29, 1.82) is 0 Å². The number of nitrogens with zero attached hydrogens (tertiary/aromatic N) is 2. The second-order valence-corrected chi connectivity index (χ2v) is 4.85. The fourth-order valence-corrected chi connectivity index (χ4v) is 1.87. The van der Waals surface area contributed by atoms with E-state index in [9.17, 15) is 0 Å². The predicted molar refractivity (Wildman–Crippen MR) is 77.3 cm³/mol. The first-order chi connectivity index (χ1) is 9.25. The average Bonchev–Trinajstić information content (AvgIpc) is 2.93. The van der Waals surface area contributed by atoms with Gasteiger partial charge in [-0.15, -0.1) is 0 Å². The molecule has 0 spiro atoms. The SMILES string of the molecule is CN(C)CCCCOc1ccc(-c2ccn[nH]2)cc1. The van der Waals surface area contributed by atoms with Gasteiger partial charge in [-0.05, 0) is 69.4 Å². The lowest BCUT2D eigenvalue weighted by Gasteiger charge is -2.10. The van der Waals surface area contributed by atoms with Gasteiger partial charge < -0.3 is 9.64 Å². The Balaban J connectivity index is 1.76. The molecular weight excluding hydrogens is 238 g/mol. The Hall–Kier alpha value is -1.81. The number of hydrogen-bond donors (Lipinski definition) is 1. The minimum absolute atomic E-state index is 0.775. The lowest BCUT2D eigenvalue weighted by Crippen LogP contribution is -2.13. The molecule has 0 saturated heterocycles. The quantitative estimate of drug-likeness (QED) is 0.777. The summed E-state index contributed by atoms with van der Waals surface area (Å²) >= 11 is 0. The molecule has 0 amide bonds. The van der Waals surface area contributed by atoms with Gasteiger partial charge in [0, 0.05) is 6.20 Å². The van der Waals surface area contributed by atoms with Crippen LogP contribution >= 0.6 is 0 Å². The second-order valence-electron chi connectivity index (χ2n) is 4.85. The molecule has 0 fully saturated rings. The molecule has 0 bridgehead atoms. The summed E-state index contributed by atoms with van der Waals surface area (Å²) in [4.78, 5) is 2.19. The Morgan fingerprint density at radius 2 is 1.89 bits per heavy atom. The van der Waals surface area contributed by atoms with Gasteiger partial charge in [-0.1, -0.05) is 0 Å². The van der Waals surface area contributed by atoms with Gasteiger partial charge in [-0.2, -0.15) is 5.10 Å². The third-order valence-corrected chi connectivity index (χ3v) is 2.93. The van der Waals surface area contributed by atoms with Crippen molar-refractivity contribution in [3.63, 3.8) is 0 Å². The first-order valence-electron chi connectivity index (χ1n) is 6.63. The highest BCUT2D eigenvalue weighted by Gasteiger charge is 1.99. The van der Waals surface area contributed by atoms with Crippen LogP contribution in [0.1, 0.15) is 12.8 Å². The van der Waals surface area contributed by atoms with Gasteiger partial charge in [0.1, 0.15) is 5.75 Å². The van der Waals surface area contributed by atoms with Gasteiger partial charge in [-0.3, -0.25) is 5.10 Å². The zero-order valence-electron chi connectivity index (χ0n) is 11.6. The van der Waals surface area contributed by atoms with Gasteiger partial charge in [-0.25, -0.2) is 0 Å². The Kier molecular flexibility index (Phi) is 4.98. The summed E-state index contributed by atoms with van der Waals surface area (Å²) in [6.45, 7) is 1.89. The highest BCUT2D eigenvalue weighted by molar-refractivity contribution is 5.59. The van der Waals surface area contributed by atoms with Gasteiger partial charge in [0.15, 0.2) is 0 Å². The van der Waals surface area contributed by atoms with Gasteiger partial charge >= 0.3 is 0 Å². The van der Waals surface area contributed by atoms with Crippen molar-refractivity contribution in [1.82, 2.24) is 15.1 Å². The van der Waals surface area contributed by atoms with Crippen molar-refractivity contribution in [3.8, 4) is 17.0 Å². The largest absolute Gasteiger partial charge is 0.494 e. The molecule has 0 aliphatic rings. The van der Waals surface area contributed by atoms with Crippen LogP contribution in [0.15, 0.2) is 36.5 Å². The van der Waals surface area contributed by atoms with Crippen molar-refractivity contribution < 1.29 is 4.74 Å². The van der Waals surface area contributed by atoms with Crippen LogP contribution in [0.25, 0.3) is 11.3 Å². The highest BCUT2D eigenvalue weighted by atomic mass is 16.5. The maximum atomic E-state index is 5.72. The number of unbranched alkanes of at least 4 members (excludes halogenated alkanes) is 1. The minimum Gasteiger partial charge on any atom is -0.494 e. The first-order valence-corrected chi connectivity index (χ1v) is 6.63. The van der Waals surface area contributed by atoms with Crippen LogP contribution in [0.2, 0.25) is 0 Å². The van der Waals surface area contributed by atoms with E-state index in [0.29, 0.717) is 0 Å². The molecule has 1 heterocycles. The van der Waals surface area contributed by atoms with Crippen LogP contribution in [-0.4, -0.2) is 42.3 Å². The molecule has 4 heteroatoms. The van der Waals surface area contributed by atoms with E-state index in [-0.39, 0.29) is 0 Å². The molecule has 0 aliphatic carbocycles. The number of nitrogens with one attached hydrogen (secondary N) is 1. The Morgan fingerprint density at radius 3 is 2.53 bits per heavy atom. The summed E-state index contributed by atoms with van der Waals surface area (Å²) in [7, 11) is 4.18. The van der Waals surface area contributed by atoms with Crippen molar-refractivity contribution >= 4 is 0 Å². The van der Waals surface area contributed by atoms with Crippen LogP contribution in [0.4, 0.5) is 0 Å². The lowest BCUT2D eigenvalue weighted by atomic mass is 10.1. The van der Waals surface area contributed by atoms with E-state index in [1.807, 2.05) is 30.3 Å². The fraction of sp³-hybridized carbons (Fsp3) is 0.400. The zero-order valence-corrected chi connectivity index (χ0v) is 11.6. The number of hydrogen-bond acceptors (Lipinski definition) is 3. The molecule has 1 N–H and O–H groups in total. The number of benzene rings is 1. The van der Waals surface area contributed by atoms with Crippen molar-refractivity contribution in [3.05, 3.63) is 36.5 Å². The monoisotopic (exact) mass is 259 g/mol. The number of ether oxygens (including phenoxy) is 1. The number of aromatic nitrogens is 2. The fourth-order valence-electron chi connectivity index (χ4n) is 1.87. The standard InChI is InChI=1S/C15H21N3O/c1-18(2)11-3-4-12-19-14-7-5-13(6-8-14)15-9-10-16-17-15/h5-10H,3-4,11-12H2,1-2H3,(H,16,17). The molecule has 0 atom stereocenters. The Bertz CT molecular complexity index is 463. The van der Waals surface area contributed by atoms with Crippen LogP contribution in [-0.2, 0) is 0 Å². The molecule has 102 valence electrons. The van der Waals surface area contributed by atoms with E-state index in [1.165, 1.54) is 6.42 Å². The Morgan fingerprint density at radius 1 is 1.11 bits per heavy atom. The molecule has 0 saturated carbocycles. The minimum atomic E-state index is 0.775. The molecule has 4 nitrogen and oxygen atoms in total. The van der Waals surface area contributed by atoms with Gasteiger partial charge in [0.2, 0.25) is 0 Å². The van der Waals surface area contributed by atoms with E-state index < -0.39 is 0 Å². The summed E-state index contributed by atoms with van der Waals surface area (Å²) in [5.41, 5.74) is 2.15. The molecule has 0 unspecified atom stereocenters. The van der Waals surface area contributed by atoms with E-state index >= 15 is 0 Å². The summed E-state index contributed by atoms with van der Waals surface area (Å²) in [5, 5.41) is 6.89. The molecule has 0 radical (unpaired) electrons. The maximum Gasteiger partial charge on any atom is 0.119 e. The van der Waals surface area contributed by atoms with Crippen molar-refractivity contribution in [2.75, 3.05) is 27.2 Å². The Labute approximate surface area is 114 Å². The van der Waals surface area contributed by atoms with E-state index in [1.54, 1.807) is 6.20 Å². The molecule has 1 aromatic heterocycles. The number of aromatic amines is 1. The van der Waals surface area contributed by atoms with Crippen LogP contribution < -0.4 is 4.74 Å². The van der Waals surface area contributed by atoms with E-state index in [4.69, 9.17) is 4.74 Å². The summed E-state index contributed by atoms with van der Waals surface area (Å²) in [6, 6.07) is 10.0. The first kappa shape index (κ1) is 13.6. The third kappa shape index (κ3) is 4.41. The maximum absolute atomic E-state index is 5.72. The predicted octanol–water partition coefficient (Wildman–Crippen LogP) is 2.80. The molecule has 2 rings (SSSR count). The van der Waals surface area contributed by atoms with Crippen LogP contribution in [0.3, 0.4) is 0 Å². The normalized spacial score (nSPS) is 10.9. The third-order valence-electron chi connectivity index (χ3n) is 2.93. The van der Waals surface area contributed by atoms with Crippen LogP contribution in [0.5, 0.6) is 5.75 Å². The topological polar surface area (TPSA) is 41.1 Å². The van der Waals surface area contributed by atoms with Crippen molar-refractivity contribution in [2.45, 2.75) is 12.8 Å². The summed E-state index contributed by atoms with van der Waals surface area (Å²) < 4.78 is 5.72. The zero-order chi connectivity index (χ0) is 13.5. The smallest absolute Gasteiger partial charge is 0.119 e. The second kappa shape index (κ2) is 6.95. The van der Waals surface area contributed by atoms with Crippen molar-refractivity contribution in [2.24, 2.45) is 0 Å². The molecule has 19 heavy (non-hydrogen) atoms. The molecule has 2 aromatic rings. The molecular formula is C15H21N3O. The highest BCUT2D eigenvalue weighted by Crippen LogP contribution is 2.20. The average molecular weight is 259 g/mol. The lowest BCUT2D eigenvalue weighted by molar-refractivity contribution is 0.293. The number of H-pyrrole nitrogens is 1. The molecule has 0 aliphatic heterocycles.